The molecule has 0 atom stereocenters. The van der Waals surface area contributed by atoms with Crippen LogP contribution in [0.15, 0.2) is 73.2 Å². The molecule has 3 aromatic heterocycles. The first-order valence-corrected chi connectivity index (χ1v) is 12.2. The van der Waals surface area contributed by atoms with Crippen LogP contribution in [-0.2, 0) is 13.5 Å². The van der Waals surface area contributed by atoms with Crippen molar-refractivity contribution < 1.29 is 0 Å². The largest absolute Gasteiger partial charge is 0.365 e. The van der Waals surface area contributed by atoms with Crippen molar-refractivity contribution in [1.82, 2.24) is 24.1 Å². The van der Waals surface area contributed by atoms with Gasteiger partial charge >= 0.3 is 0 Å². The Bertz CT molecular complexity index is 1460. The van der Waals surface area contributed by atoms with Gasteiger partial charge in [0.25, 0.3) is 0 Å². The molecule has 7 nitrogen and oxygen atoms in total. The SMILES string of the molecule is Cn1ccnc1-c1nc(NC2CCC2)c2c(-c3ccccc3)c(-c3ccc(CCN)cc3)cn2n1. The zero-order chi connectivity index (χ0) is 23.8. The van der Waals surface area contributed by atoms with Crippen LogP contribution in [0.2, 0.25) is 0 Å². The van der Waals surface area contributed by atoms with E-state index >= 15 is 0 Å². The minimum Gasteiger partial charge on any atom is -0.365 e. The first-order chi connectivity index (χ1) is 17.2. The van der Waals surface area contributed by atoms with Gasteiger partial charge in [-0.05, 0) is 48.9 Å². The first kappa shape index (κ1) is 21.6. The van der Waals surface area contributed by atoms with E-state index in [9.17, 15) is 0 Å². The molecule has 0 amide bonds. The normalized spacial score (nSPS) is 13.8. The number of fused-ring (bicyclic) bond motifs is 1. The molecular formula is C28H29N7. The van der Waals surface area contributed by atoms with Gasteiger partial charge in [0.15, 0.2) is 11.6 Å². The van der Waals surface area contributed by atoms with Gasteiger partial charge in [-0.3, -0.25) is 0 Å². The Kier molecular flexibility index (Phi) is 5.54. The average Bonchev–Trinajstić information content (AvgIpc) is 3.46. The number of imidazole rings is 1. The van der Waals surface area contributed by atoms with Crippen molar-refractivity contribution in [3.05, 3.63) is 78.8 Å². The van der Waals surface area contributed by atoms with Gasteiger partial charge in [0.05, 0.1) is 0 Å². The van der Waals surface area contributed by atoms with Gasteiger partial charge in [-0.1, -0.05) is 54.6 Å². The molecule has 2 aromatic carbocycles. The number of aryl methyl sites for hydroxylation is 1. The summed E-state index contributed by atoms with van der Waals surface area (Å²) in [5, 5.41) is 8.66. The van der Waals surface area contributed by atoms with E-state index in [-0.39, 0.29) is 0 Å². The fourth-order valence-electron chi connectivity index (χ4n) is 4.74. The molecule has 176 valence electrons. The molecule has 0 bridgehead atoms. The Morgan fingerprint density at radius 3 is 2.49 bits per heavy atom. The third kappa shape index (κ3) is 3.98. The minimum absolute atomic E-state index is 0.431. The van der Waals surface area contributed by atoms with E-state index in [4.69, 9.17) is 15.8 Å². The van der Waals surface area contributed by atoms with Gasteiger partial charge in [-0.15, -0.1) is 5.10 Å². The summed E-state index contributed by atoms with van der Waals surface area (Å²) in [5.41, 5.74) is 12.5. The summed E-state index contributed by atoms with van der Waals surface area (Å²) in [6, 6.07) is 19.6. The second kappa shape index (κ2) is 9.00. The van der Waals surface area contributed by atoms with Gasteiger partial charge in [-0.2, -0.15) is 0 Å². The van der Waals surface area contributed by atoms with Crippen molar-refractivity contribution in [2.45, 2.75) is 31.7 Å². The molecule has 0 saturated heterocycles. The van der Waals surface area contributed by atoms with Crippen molar-refractivity contribution in [2.24, 2.45) is 12.8 Å². The highest BCUT2D eigenvalue weighted by Gasteiger charge is 2.25. The summed E-state index contributed by atoms with van der Waals surface area (Å²) in [6.45, 7) is 0.645. The van der Waals surface area contributed by atoms with Crippen LogP contribution in [0.3, 0.4) is 0 Å². The van der Waals surface area contributed by atoms with Gasteiger partial charge in [0.2, 0.25) is 5.82 Å². The maximum absolute atomic E-state index is 5.77. The monoisotopic (exact) mass is 463 g/mol. The maximum Gasteiger partial charge on any atom is 0.218 e. The second-order valence-electron chi connectivity index (χ2n) is 9.23. The number of hydrogen-bond acceptors (Lipinski definition) is 5. The molecule has 7 heteroatoms. The zero-order valence-corrected chi connectivity index (χ0v) is 19.9. The first-order valence-electron chi connectivity index (χ1n) is 12.2. The summed E-state index contributed by atoms with van der Waals surface area (Å²) in [6.07, 6.45) is 10.3. The quantitative estimate of drug-likeness (QED) is 0.357. The van der Waals surface area contributed by atoms with Crippen LogP contribution in [0.5, 0.6) is 0 Å². The molecule has 3 N–H and O–H groups in total. The van der Waals surface area contributed by atoms with E-state index in [2.05, 4.69) is 65.0 Å². The number of aromatic nitrogens is 5. The molecule has 1 saturated carbocycles. The number of benzene rings is 2. The lowest BCUT2D eigenvalue weighted by Gasteiger charge is -2.27. The molecular weight excluding hydrogens is 434 g/mol. The van der Waals surface area contributed by atoms with Crippen LogP contribution in [0.4, 0.5) is 5.82 Å². The number of rotatable bonds is 7. The lowest BCUT2D eigenvalue weighted by Crippen LogP contribution is -2.28. The molecule has 0 unspecified atom stereocenters. The van der Waals surface area contributed by atoms with Crippen LogP contribution in [0.1, 0.15) is 24.8 Å². The molecule has 5 aromatic rings. The summed E-state index contributed by atoms with van der Waals surface area (Å²) >= 11 is 0. The highest BCUT2D eigenvalue weighted by atomic mass is 15.3. The number of hydrogen-bond donors (Lipinski definition) is 2. The summed E-state index contributed by atoms with van der Waals surface area (Å²) in [7, 11) is 1.97. The molecule has 0 aliphatic heterocycles. The lowest BCUT2D eigenvalue weighted by molar-refractivity contribution is 0.444. The van der Waals surface area contributed by atoms with Gasteiger partial charge in [-0.25, -0.2) is 14.5 Å². The number of nitrogens with one attached hydrogen (secondary N) is 1. The molecule has 0 radical (unpaired) electrons. The fraction of sp³-hybridized carbons (Fsp3) is 0.250. The predicted octanol–water partition coefficient (Wildman–Crippen LogP) is 4.93. The second-order valence-corrected chi connectivity index (χ2v) is 9.23. The van der Waals surface area contributed by atoms with E-state index in [1.165, 1.54) is 12.0 Å². The highest BCUT2D eigenvalue weighted by Crippen LogP contribution is 2.40. The van der Waals surface area contributed by atoms with Crippen molar-refractivity contribution >= 4 is 11.3 Å². The van der Waals surface area contributed by atoms with Crippen molar-refractivity contribution in [1.29, 1.82) is 0 Å². The summed E-state index contributed by atoms with van der Waals surface area (Å²) < 4.78 is 3.93. The van der Waals surface area contributed by atoms with Crippen LogP contribution in [-0.4, -0.2) is 36.7 Å². The van der Waals surface area contributed by atoms with Crippen LogP contribution in [0.25, 0.3) is 39.4 Å². The van der Waals surface area contributed by atoms with E-state index in [0.29, 0.717) is 18.4 Å². The van der Waals surface area contributed by atoms with Gasteiger partial charge < -0.3 is 15.6 Å². The Hall–Kier alpha value is -3.97. The van der Waals surface area contributed by atoms with Crippen molar-refractivity contribution in [3.63, 3.8) is 0 Å². The lowest BCUT2D eigenvalue weighted by atomic mass is 9.93. The molecule has 3 heterocycles. The van der Waals surface area contributed by atoms with E-state index in [0.717, 1.165) is 58.7 Å². The zero-order valence-electron chi connectivity index (χ0n) is 19.9. The van der Waals surface area contributed by atoms with Crippen molar-refractivity contribution in [2.75, 3.05) is 11.9 Å². The Morgan fingerprint density at radius 1 is 1.03 bits per heavy atom. The Morgan fingerprint density at radius 2 is 1.83 bits per heavy atom. The van der Waals surface area contributed by atoms with Gasteiger partial charge in [0, 0.05) is 42.8 Å². The number of nitrogens with two attached hydrogens (primary N) is 1. The average molecular weight is 464 g/mol. The fourth-order valence-corrected chi connectivity index (χ4v) is 4.74. The number of nitrogens with zero attached hydrogens (tertiary/aromatic N) is 5. The van der Waals surface area contributed by atoms with E-state index in [1.807, 2.05) is 28.4 Å². The highest BCUT2D eigenvalue weighted by molar-refractivity contribution is 5.99. The molecule has 1 aliphatic carbocycles. The molecule has 6 rings (SSSR count). The summed E-state index contributed by atoms with van der Waals surface area (Å²) in [4.78, 5) is 9.52. The third-order valence-corrected chi connectivity index (χ3v) is 6.86. The molecule has 1 aliphatic rings. The topological polar surface area (TPSA) is 86.1 Å². The van der Waals surface area contributed by atoms with Crippen LogP contribution in [0, 0.1) is 0 Å². The molecule has 0 spiro atoms. The Balaban J connectivity index is 1.60. The number of anilines is 1. The summed E-state index contributed by atoms with van der Waals surface area (Å²) in [5.74, 6) is 2.20. The molecule has 1 fully saturated rings. The van der Waals surface area contributed by atoms with Gasteiger partial charge in [0.1, 0.15) is 5.52 Å². The maximum atomic E-state index is 5.77. The smallest absolute Gasteiger partial charge is 0.218 e. The minimum atomic E-state index is 0.431. The van der Waals surface area contributed by atoms with Crippen molar-refractivity contribution in [3.8, 4) is 33.9 Å². The van der Waals surface area contributed by atoms with Crippen LogP contribution >= 0.6 is 0 Å². The van der Waals surface area contributed by atoms with E-state index in [1.54, 1.807) is 6.20 Å². The third-order valence-electron chi connectivity index (χ3n) is 6.86. The van der Waals surface area contributed by atoms with Crippen LogP contribution < -0.4 is 11.1 Å². The Labute approximate surface area is 204 Å². The predicted molar refractivity (Wildman–Crippen MR) is 140 cm³/mol. The van der Waals surface area contributed by atoms with E-state index < -0.39 is 0 Å². The standard InChI is InChI=1S/C28H29N7/c1-34-17-16-30-28(34)27-32-26(31-22-8-5-9-22)25-24(21-6-3-2-4-7-21)23(18-35(25)33-27)20-12-10-19(11-13-20)14-15-29/h2-4,6-7,10-13,16-18,22H,5,8-9,14-15,29H2,1H3,(H,31,32,33). The molecule has 35 heavy (non-hydrogen) atoms.